The highest BCUT2D eigenvalue weighted by molar-refractivity contribution is 5.77. The summed E-state index contributed by atoms with van der Waals surface area (Å²) in [6, 6.07) is 0. The summed E-state index contributed by atoms with van der Waals surface area (Å²) in [6.07, 6.45) is 3.70. The molecule has 0 aliphatic carbocycles. The number of hydrogen-bond donors (Lipinski definition) is 1. The van der Waals surface area contributed by atoms with Crippen LogP contribution in [0.4, 0.5) is 0 Å². The number of rotatable bonds is 2. The SMILES string of the molecule is C/C=C/[C@@H]1CN(C(C)=O)C[C@H]1C(=O)O. The van der Waals surface area contributed by atoms with E-state index in [1.807, 2.05) is 19.1 Å². The molecular weight excluding hydrogens is 182 g/mol. The quantitative estimate of drug-likeness (QED) is 0.664. The van der Waals surface area contributed by atoms with Crippen molar-refractivity contribution in [3.63, 3.8) is 0 Å². The van der Waals surface area contributed by atoms with E-state index >= 15 is 0 Å². The lowest BCUT2D eigenvalue weighted by Crippen LogP contribution is -2.27. The number of nitrogens with zero attached hydrogens (tertiary/aromatic N) is 1. The first kappa shape index (κ1) is 10.8. The van der Waals surface area contributed by atoms with E-state index in [0.29, 0.717) is 13.1 Å². The Morgan fingerprint density at radius 3 is 2.50 bits per heavy atom. The van der Waals surface area contributed by atoms with Gasteiger partial charge in [-0.1, -0.05) is 12.2 Å². The Morgan fingerprint density at radius 2 is 2.07 bits per heavy atom. The molecule has 1 amide bonds. The predicted molar refractivity (Wildman–Crippen MR) is 51.7 cm³/mol. The summed E-state index contributed by atoms with van der Waals surface area (Å²) in [6.45, 7) is 4.18. The Hall–Kier alpha value is -1.32. The van der Waals surface area contributed by atoms with Crippen LogP contribution in [0.2, 0.25) is 0 Å². The predicted octanol–water partition coefficient (Wildman–Crippen LogP) is 0.742. The maximum atomic E-state index is 11.1. The van der Waals surface area contributed by atoms with Gasteiger partial charge in [-0.2, -0.15) is 0 Å². The molecule has 1 heterocycles. The summed E-state index contributed by atoms with van der Waals surface area (Å²) in [5.41, 5.74) is 0. The molecule has 0 spiro atoms. The molecule has 1 saturated heterocycles. The van der Waals surface area contributed by atoms with Gasteiger partial charge < -0.3 is 10.0 Å². The van der Waals surface area contributed by atoms with Crippen LogP contribution in [-0.2, 0) is 9.59 Å². The van der Waals surface area contributed by atoms with Crippen LogP contribution in [-0.4, -0.2) is 35.0 Å². The minimum Gasteiger partial charge on any atom is -0.481 e. The van der Waals surface area contributed by atoms with Gasteiger partial charge in [0.05, 0.1) is 5.92 Å². The van der Waals surface area contributed by atoms with E-state index in [1.165, 1.54) is 6.92 Å². The number of carboxylic acid groups (broad SMARTS) is 1. The maximum absolute atomic E-state index is 11.1. The van der Waals surface area contributed by atoms with Gasteiger partial charge in [-0.05, 0) is 6.92 Å². The molecule has 2 atom stereocenters. The molecule has 0 aromatic rings. The van der Waals surface area contributed by atoms with Crippen LogP contribution in [0.15, 0.2) is 12.2 Å². The van der Waals surface area contributed by atoms with Crippen LogP contribution >= 0.6 is 0 Å². The van der Waals surface area contributed by atoms with Crippen molar-refractivity contribution in [3.8, 4) is 0 Å². The molecule has 14 heavy (non-hydrogen) atoms. The Labute approximate surface area is 83.2 Å². The van der Waals surface area contributed by atoms with Gasteiger partial charge in [0, 0.05) is 25.9 Å². The topological polar surface area (TPSA) is 57.6 Å². The fourth-order valence-electron chi connectivity index (χ4n) is 1.79. The summed E-state index contributed by atoms with van der Waals surface area (Å²) in [7, 11) is 0. The highest BCUT2D eigenvalue weighted by Crippen LogP contribution is 2.24. The van der Waals surface area contributed by atoms with E-state index in [0.717, 1.165) is 0 Å². The molecule has 0 radical (unpaired) electrons. The third-order valence-electron chi connectivity index (χ3n) is 2.57. The second-order valence-corrected chi connectivity index (χ2v) is 3.56. The zero-order chi connectivity index (χ0) is 10.7. The van der Waals surface area contributed by atoms with Crippen molar-refractivity contribution in [2.45, 2.75) is 13.8 Å². The standard InChI is InChI=1S/C10H15NO3/c1-3-4-8-5-11(7(2)12)6-9(8)10(13)14/h3-4,8-9H,5-6H2,1-2H3,(H,13,14)/b4-3+/t8-,9-/m1/s1. The molecule has 1 aliphatic heterocycles. The Bertz CT molecular complexity index is 273. The fraction of sp³-hybridized carbons (Fsp3) is 0.600. The van der Waals surface area contributed by atoms with E-state index in [-0.39, 0.29) is 11.8 Å². The van der Waals surface area contributed by atoms with Crippen LogP contribution in [0.1, 0.15) is 13.8 Å². The Balaban J connectivity index is 2.74. The van der Waals surface area contributed by atoms with Gasteiger partial charge in [-0.15, -0.1) is 0 Å². The number of carbonyl (C=O) groups is 2. The van der Waals surface area contributed by atoms with Gasteiger partial charge in [0.2, 0.25) is 5.91 Å². The summed E-state index contributed by atoms with van der Waals surface area (Å²) in [5.74, 6) is -1.36. The lowest BCUT2D eigenvalue weighted by Gasteiger charge is -2.11. The van der Waals surface area contributed by atoms with E-state index < -0.39 is 11.9 Å². The van der Waals surface area contributed by atoms with Crippen LogP contribution in [0.25, 0.3) is 0 Å². The van der Waals surface area contributed by atoms with Crippen molar-refractivity contribution in [1.29, 1.82) is 0 Å². The lowest BCUT2D eigenvalue weighted by atomic mass is 9.96. The van der Waals surface area contributed by atoms with E-state index in [4.69, 9.17) is 5.11 Å². The number of amides is 1. The van der Waals surface area contributed by atoms with E-state index in [1.54, 1.807) is 4.90 Å². The molecule has 0 aromatic heterocycles. The maximum Gasteiger partial charge on any atom is 0.308 e. The zero-order valence-electron chi connectivity index (χ0n) is 8.43. The van der Waals surface area contributed by atoms with Crippen LogP contribution in [0.5, 0.6) is 0 Å². The summed E-state index contributed by atoms with van der Waals surface area (Å²) < 4.78 is 0. The van der Waals surface area contributed by atoms with Gasteiger partial charge in [0.25, 0.3) is 0 Å². The molecule has 1 aliphatic rings. The van der Waals surface area contributed by atoms with Gasteiger partial charge in [0.15, 0.2) is 0 Å². The smallest absolute Gasteiger partial charge is 0.308 e. The largest absolute Gasteiger partial charge is 0.481 e. The second kappa shape index (κ2) is 4.26. The van der Waals surface area contributed by atoms with Gasteiger partial charge >= 0.3 is 5.97 Å². The lowest BCUT2D eigenvalue weighted by molar-refractivity contribution is -0.142. The monoisotopic (exact) mass is 197 g/mol. The van der Waals surface area contributed by atoms with Crippen molar-refractivity contribution < 1.29 is 14.7 Å². The van der Waals surface area contributed by atoms with Gasteiger partial charge in [-0.3, -0.25) is 9.59 Å². The second-order valence-electron chi connectivity index (χ2n) is 3.56. The van der Waals surface area contributed by atoms with Crippen molar-refractivity contribution in [2.24, 2.45) is 11.8 Å². The normalized spacial score (nSPS) is 27.1. The third-order valence-corrected chi connectivity index (χ3v) is 2.57. The molecule has 0 unspecified atom stereocenters. The molecule has 78 valence electrons. The molecule has 1 fully saturated rings. The Morgan fingerprint density at radius 1 is 1.43 bits per heavy atom. The minimum absolute atomic E-state index is 0.0404. The average Bonchev–Trinajstić information content (AvgIpc) is 2.49. The molecule has 0 saturated carbocycles. The number of likely N-dealkylation sites (tertiary alicyclic amines) is 1. The summed E-state index contributed by atoms with van der Waals surface area (Å²) in [4.78, 5) is 23.5. The average molecular weight is 197 g/mol. The molecule has 1 rings (SSSR count). The first-order valence-corrected chi connectivity index (χ1v) is 4.67. The van der Waals surface area contributed by atoms with E-state index in [2.05, 4.69) is 0 Å². The molecule has 4 nitrogen and oxygen atoms in total. The molecule has 4 heteroatoms. The molecule has 1 N–H and O–H groups in total. The summed E-state index contributed by atoms with van der Waals surface area (Å²) >= 11 is 0. The number of hydrogen-bond acceptors (Lipinski definition) is 2. The van der Waals surface area contributed by atoms with Gasteiger partial charge in [0.1, 0.15) is 0 Å². The number of carboxylic acids is 1. The first-order valence-electron chi connectivity index (χ1n) is 4.67. The summed E-state index contributed by atoms with van der Waals surface area (Å²) in [5, 5.41) is 8.94. The van der Waals surface area contributed by atoms with Crippen LogP contribution in [0, 0.1) is 11.8 Å². The highest BCUT2D eigenvalue weighted by atomic mass is 16.4. The van der Waals surface area contributed by atoms with Crippen molar-refractivity contribution in [1.82, 2.24) is 4.90 Å². The van der Waals surface area contributed by atoms with Crippen molar-refractivity contribution in [2.75, 3.05) is 13.1 Å². The molecule has 0 aromatic carbocycles. The number of carbonyl (C=O) groups excluding carboxylic acids is 1. The van der Waals surface area contributed by atoms with Crippen LogP contribution in [0.3, 0.4) is 0 Å². The zero-order valence-corrected chi connectivity index (χ0v) is 8.43. The molecule has 0 bridgehead atoms. The number of aliphatic carboxylic acids is 1. The van der Waals surface area contributed by atoms with Crippen molar-refractivity contribution >= 4 is 11.9 Å². The fourth-order valence-corrected chi connectivity index (χ4v) is 1.79. The van der Waals surface area contributed by atoms with Gasteiger partial charge in [-0.25, -0.2) is 0 Å². The minimum atomic E-state index is -0.822. The molecular formula is C10H15NO3. The van der Waals surface area contributed by atoms with E-state index in [9.17, 15) is 9.59 Å². The number of allylic oxidation sites excluding steroid dienone is 1. The van der Waals surface area contributed by atoms with Crippen LogP contribution < -0.4 is 0 Å². The Kier molecular flexibility index (Phi) is 3.28. The van der Waals surface area contributed by atoms with Crippen molar-refractivity contribution in [3.05, 3.63) is 12.2 Å². The third kappa shape index (κ3) is 2.13. The first-order chi connectivity index (χ1) is 6.56. The highest BCUT2D eigenvalue weighted by Gasteiger charge is 2.36.